The quantitative estimate of drug-likeness (QED) is 0.612. The third kappa shape index (κ3) is 5.42. The van der Waals surface area contributed by atoms with Crippen molar-refractivity contribution >= 4 is 22.5 Å². The number of fused-ring (bicyclic) bond motifs is 1. The first-order chi connectivity index (χ1) is 12.9. The lowest BCUT2D eigenvalue weighted by molar-refractivity contribution is -0.140. The van der Waals surface area contributed by atoms with Gasteiger partial charge in [-0.25, -0.2) is 0 Å². The van der Waals surface area contributed by atoms with Crippen LogP contribution in [0.15, 0.2) is 30.5 Å². The third-order valence-electron chi connectivity index (χ3n) is 4.46. The molecule has 0 spiro atoms. The summed E-state index contributed by atoms with van der Waals surface area (Å²) in [7, 11) is 0. The molecule has 1 N–H and O–H groups in total. The van der Waals surface area contributed by atoms with Gasteiger partial charge < -0.3 is 14.8 Å². The zero-order chi connectivity index (χ0) is 19.9. The van der Waals surface area contributed by atoms with E-state index in [0.717, 1.165) is 41.6 Å². The fraction of sp³-hybridized carbons (Fsp3) is 0.545. The predicted molar refractivity (Wildman–Crippen MR) is 110 cm³/mol. The Morgan fingerprint density at radius 1 is 1.22 bits per heavy atom. The molecule has 0 saturated heterocycles. The maximum Gasteiger partial charge on any atom is 0.256 e. The van der Waals surface area contributed by atoms with E-state index in [9.17, 15) is 4.79 Å². The summed E-state index contributed by atoms with van der Waals surface area (Å²) < 4.78 is 11.8. The molecule has 2 aromatic rings. The molecule has 0 saturated carbocycles. The molecule has 0 fully saturated rings. The number of nitrogens with one attached hydrogen (secondary N) is 1. The summed E-state index contributed by atoms with van der Waals surface area (Å²) in [4.78, 5) is 17.5. The van der Waals surface area contributed by atoms with Crippen LogP contribution in [0.5, 0.6) is 5.75 Å². The van der Waals surface area contributed by atoms with E-state index in [0.29, 0.717) is 13.0 Å². The normalized spacial score (nSPS) is 13.6. The van der Waals surface area contributed by atoms with Crippen molar-refractivity contribution in [3.8, 4) is 5.75 Å². The molecule has 0 aliphatic rings. The molecule has 1 aromatic carbocycles. The number of hydrogen-bond donors (Lipinski definition) is 1. The number of carbonyl (C=O) groups excluding carboxylic acids is 1. The second kappa shape index (κ2) is 9.70. The Morgan fingerprint density at radius 2 is 2.00 bits per heavy atom. The molecule has 27 heavy (non-hydrogen) atoms. The van der Waals surface area contributed by atoms with E-state index < -0.39 is 5.60 Å². The topological polar surface area (TPSA) is 60.5 Å². The summed E-state index contributed by atoms with van der Waals surface area (Å²) in [5.74, 6) is 0.599. The number of rotatable bonds is 10. The monoisotopic (exact) mass is 372 g/mol. The molecule has 0 aliphatic heterocycles. The van der Waals surface area contributed by atoms with Crippen molar-refractivity contribution in [3.63, 3.8) is 0 Å². The predicted octanol–water partition coefficient (Wildman–Crippen LogP) is 5.34. The lowest BCUT2D eigenvalue weighted by Gasteiger charge is -2.29. The van der Waals surface area contributed by atoms with Crippen LogP contribution < -0.4 is 10.1 Å². The summed E-state index contributed by atoms with van der Waals surface area (Å²) in [5.41, 5.74) is 0.629. The molecule has 2 rings (SSSR count). The summed E-state index contributed by atoms with van der Waals surface area (Å²) >= 11 is 0. The zero-order valence-corrected chi connectivity index (χ0v) is 17.2. The highest BCUT2D eigenvalue weighted by molar-refractivity contribution is 6.05. The van der Waals surface area contributed by atoms with Crippen LogP contribution in [0.1, 0.15) is 60.3 Å². The minimum absolute atomic E-state index is 0.0513. The van der Waals surface area contributed by atoms with Crippen LogP contribution in [-0.4, -0.2) is 29.2 Å². The number of ether oxygens (including phenoxy) is 2. The Kier molecular flexibility index (Phi) is 7.60. The Morgan fingerprint density at radius 3 is 2.67 bits per heavy atom. The summed E-state index contributed by atoms with van der Waals surface area (Å²) in [6.07, 6.45) is 5.32. The number of hydrogen-bond acceptors (Lipinski definition) is 4. The van der Waals surface area contributed by atoms with Crippen LogP contribution in [0.2, 0.25) is 0 Å². The molecule has 1 aromatic heterocycles. The van der Waals surface area contributed by atoms with Gasteiger partial charge in [-0.05, 0) is 57.9 Å². The van der Waals surface area contributed by atoms with Crippen molar-refractivity contribution in [2.45, 2.75) is 72.0 Å². The van der Waals surface area contributed by atoms with Gasteiger partial charge in [0, 0.05) is 18.2 Å². The van der Waals surface area contributed by atoms with Gasteiger partial charge in [0.2, 0.25) is 0 Å². The van der Waals surface area contributed by atoms with Crippen molar-refractivity contribution in [1.29, 1.82) is 0 Å². The molecule has 1 unspecified atom stereocenters. The van der Waals surface area contributed by atoms with Crippen LogP contribution in [-0.2, 0) is 9.53 Å². The van der Waals surface area contributed by atoms with Crippen molar-refractivity contribution in [2.75, 3.05) is 11.9 Å². The van der Waals surface area contributed by atoms with Crippen molar-refractivity contribution < 1.29 is 14.3 Å². The largest absolute Gasteiger partial charge is 0.489 e. The second-order valence-electron chi connectivity index (χ2n) is 7.31. The number of anilines is 1. The van der Waals surface area contributed by atoms with Gasteiger partial charge in [0.15, 0.2) is 0 Å². The number of amides is 1. The molecule has 5 nitrogen and oxygen atoms in total. The Hall–Kier alpha value is -2.14. The van der Waals surface area contributed by atoms with Gasteiger partial charge in [0.1, 0.15) is 16.9 Å². The molecule has 0 radical (unpaired) electrons. The third-order valence-corrected chi connectivity index (χ3v) is 4.46. The molecule has 1 heterocycles. The smallest absolute Gasteiger partial charge is 0.256 e. The molecule has 1 amide bonds. The summed E-state index contributed by atoms with van der Waals surface area (Å²) in [5, 5.41) is 3.92. The number of aromatic nitrogens is 1. The molecule has 0 aliphatic carbocycles. The minimum Gasteiger partial charge on any atom is -0.489 e. The Bertz CT molecular complexity index is 750. The average Bonchev–Trinajstić information content (AvgIpc) is 2.66. The molecule has 1 atom stereocenters. The number of carbonyl (C=O) groups is 1. The number of nitrogens with zero attached hydrogens (tertiary/aromatic N) is 1. The fourth-order valence-corrected chi connectivity index (χ4v) is 2.95. The van der Waals surface area contributed by atoms with Crippen molar-refractivity contribution in [2.24, 2.45) is 0 Å². The molecule has 0 bridgehead atoms. The van der Waals surface area contributed by atoms with E-state index >= 15 is 0 Å². The minimum atomic E-state index is -0.840. The first-order valence-corrected chi connectivity index (χ1v) is 9.91. The van der Waals surface area contributed by atoms with Gasteiger partial charge >= 0.3 is 0 Å². The van der Waals surface area contributed by atoms with Crippen LogP contribution in [0.4, 0.5) is 5.69 Å². The van der Waals surface area contributed by atoms with Crippen molar-refractivity contribution in [3.05, 3.63) is 30.5 Å². The summed E-state index contributed by atoms with van der Waals surface area (Å²) in [6.45, 7) is 10.6. The van der Waals surface area contributed by atoms with Gasteiger partial charge in [-0.3, -0.25) is 9.78 Å². The van der Waals surface area contributed by atoms with E-state index in [1.54, 1.807) is 6.20 Å². The van der Waals surface area contributed by atoms with E-state index in [4.69, 9.17) is 9.47 Å². The Balaban J connectivity index is 2.32. The molecule has 5 heteroatoms. The number of pyridine rings is 1. The highest BCUT2D eigenvalue weighted by Crippen LogP contribution is 2.32. The highest BCUT2D eigenvalue weighted by Gasteiger charge is 2.33. The maximum absolute atomic E-state index is 13.1. The van der Waals surface area contributed by atoms with E-state index in [1.807, 2.05) is 52.0 Å². The average molecular weight is 373 g/mol. The fourth-order valence-electron chi connectivity index (χ4n) is 2.95. The van der Waals surface area contributed by atoms with Gasteiger partial charge in [-0.15, -0.1) is 0 Å². The van der Waals surface area contributed by atoms with Gasteiger partial charge in [0.05, 0.1) is 11.8 Å². The molecular formula is C22H32N2O3. The van der Waals surface area contributed by atoms with Crippen molar-refractivity contribution in [1.82, 2.24) is 4.98 Å². The first kappa shape index (κ1) is 21.2. The number of benzene rings is 1. The highest BCUT2D eigenvalue weighted by atomic mass is 16.5. The van der Waals surface area contributed by atoms with Crippen LogP contribution in [0.25, 0.3) is 10.9 Å². The molecule has 148 valence electrons. The number of unbranched alkanes of at least 4 members (excludes halogenated alkanes) is 1. The Labute approximate surface area is 162 Å². The van der Waals surface area contributed by atoms with E-state index in [1.165, 1.54) is 0 Å². The standard InChI is InChI=1S/C22H32N2O3/c1-6-8-13-22(5,26-15-7-2)21(25)24-18-11-12-19(27-16(3)4)20-17(18)10-9-14-23-20/h9-12,14,16H,6-8,13,15H2,1-5H3,(H,24,25). The molecular weight excluding hydrogens is 340 g/mol. The van der Waals surface area contributed by atoms with E-state index in [2.05, 4.69) is 17.2 Å². The zero-order valence-electron chi connectivity index (χ0n) is 17.2. The lowest BCUT2D eigenvalue weighted by atomic mass is 9.97. The lowest BCUT2D eigenvalue weighted by Crippen LogP contribution is -2.43. The summed E-state index contributed by atoms with van der Waals surface area (Å²) in [6, 6.07) is 7.54. The van der Waals surface area contributed by atoms with Crippen LogP contribution in [0, 0.1) is 0 Å². The SMILES string of the molecule is CCCCC(C)(OCCC)C(=O)Nc1ccc(OC(C)C)c2ncccc12. The second-order valence-corrected chi connectivity index (χ2v) is 7.31. The first-order valence-electron chi connectivity index (χ1n) is 9.91. The van der Waals surface area contributed by atoms with Crippen LogP contribution >= 0.6 is 0 Å². The van der Waals surface area contributed by atoms with E-state index in [-0.39, 0.29) is 12.0 Å². The van der Waals surface area contributed by atoms with Gasteiger partial charge in [0.25, 0.3) is 5.91 Å². The van der Waals surface area contributed by atoms with Gasteiger partial charge in [-0.1, -0.05) is 26.7 Å². The van der Waals surface area contributed by atoms with Gasteiger partial charge in [-0.2, -0.15) is 0 Å². The van der Waals surface area contributed by atoms with Crippen LogP contribution in [0.3, 0.4) is 0 Å². The maximum atomic E-state index is 13.1.